The largest absolute Gasteiger partial charge is 0.496 e. The molecule has 1 saturated carbocycles. The molecule has 1 unspecified atom stereocenters. The molecule has 2 nitrogen and oxygen atoms in total. The highest BCUT2D eigenvalue weighted by atomic mass is 79.9. The molecule has 1 aromatic rings. The predicted octanol–water partition coefficient (Wildman–Crippen LogP) is 3.91. The number of methoxy groups -OCH3 is 1. The van der Waals surface area contributed by atoms with Crippen LogP contribution in [0.25, 0.3) is 0 Å². The Kier molecular flexibility index (Phi) is 5.07. The Balaban J connectivity index is 2.05. The van der Waals surface area contributed by atoms with Gasteiger partial charge in [0.05, 0.1) is 7.11 Å². The average molecular weight is 312 g/mol. The van der Waals surface area contributed by atoms with E-state index in [9.17, 15) is 0 Å². The molecule has 2 N–H and O–H groups in total. The molecule has 0 radical (unpaired) electrons. The van der Waals surface area contributed by atoms with Crippen molar-refractivity contribution < 1.29 is 4.74 Å². The number of rotatable bonds is 4. The summed E-state index contributed by atoms with van der Waals surface area (Å²) < 4.78 is 6.50. The molecule has 0 spiro atoms. The molecule has 0 amide bonds. The molecular formula is C15H22BrNO. The maximum absolute atomic E-state index is 6.38. The van der Waals surface area contributed by atoms with Gasteiger partial charge in [-0.3, -0.25) is 0 Å². The SMILES string of the molecule is COc1ccc(Br)cc1CC(N)C1CCCCC1. The van der Waals surface area contributed by atoms with Crippen molar-refractivity contribution in [1.82, 2.24) is 0 Å². The van der Waals surface area contributed by atoms with Crippen LogP contribution in [-0.2, 0) is 6.42 Å². The van der Waals surface area contributed by atoms with Crippen molar-refractivity contribution in [3.05, 3.63) is 28.2 Å². The highest BCUT2D eigenvalue weighted by molar-refractivity contribution is 9.10. The number of hydrogen-bond acceptors (Lipinski definition) is 2. The molecule has 1 aliphatic rings. The molecule has 1 fully saturated rings. The lowest BCUT2D eigenvalue weighted by molar-refractivity contribution is 0.301. The van der Waals surface area contributed by atoms with E-state index >= 15 is 0 Å². The topological polar surface area (TPSA) is 35.2 Å². The molecule has 18 heavy (non-hydrogen) atoms. The fraction of sp³-hybridized carbons (Fsp3) is 0.600. The van der Waals surface area contributed by atoms with Crippen molar-refractivity contribution in [2.45, 2.75) is 44.6 Å². The molecule has 1 aliphatic carbocycles. The van der Waals surface area contributed by atoms with E-state index < -0.39 is 0 Å². The maximum Gasteiger partial charge on any atom is 0.122 e. The first kappa shape index (κ1) is 13.9. The van der Waals surface area contributed by atoms with Crippen LogP contribution in [0.2, 0.25) is 0 Å². The van der Waals surface area contributed by atoms with Gasteiger partial charge in [0, 0.05) is 10.5 Å². The van der Waals surface area contributed by atoms with Crippen molar-refractivity contribution >= 4 is 15.9 Å². The Morgan fingerprint density at radius 3 is 2.72 bits per heavy atom. The summed E-state index contributed by atoms with van der Waals surface area (Å²) in [6.45, 7) is 0. The van der Waals surface area contributed by atoms with Gasteiger partial charge in [-0.25, -0.2) is 0 Å². The van der Waals surface area contributed by atoms with Crippen LogP contribution in [0.5, 0.6) is 5.75 Å². The molecule has 1 aromatic carbocycles. The van der Waals surface area contributed by atoms with Crippen LogP contribution in [0.15, 0.2) is 22.7 Å². The quantitative estimate of drug-likeness (QED) is 0.915. The van der Waals surface area contributed by atoms with Crippen molar-refractivity contribution in [2.24, 2.45) is 11.7 Å². The second kappa shape index (κ2) is 6.58. The van der Waals surface area contributed by atoms with Gasteiger partial charge in [-0.2, -0.15) is 0 Å². The smallest absolute Gasteiger partial charge is 0.122 e. The normalized spacial score (nSPS) is 18.6. The molecule has 3 heteroatoms. The Morgan fingerprint density at radius 1 is 1.33 bits per heavy atom. The van der Waals surface area contributed by atoms with Crippen LogP contribution in [-0.4, -0.2) is 13.2 Å². The van der Waals surface area contributed by atoms with Crippen LogP contribution in [0.4, 0.5) is 0 Å². The lowest BCUT2D eigenvalue weighted by Gasteiger charge is -2.28. The first-order valence-corrected chi connectivity index (χ1v) is 7.58. The summed E-state index contributed by atoms with van der Waals surface area (Å²) in [6.07, 6.45) is 7.55. The van der Waals surface area contributed by atoms with Gasteiger partial charge in [0.25, 0.3) is 0 Å². The van der Waals surface area contributed by atoms with E-state index in [4.69, 9.17) is 10.5 Å². The molecule has 1 atom stereocenters. The van der Waals surface area contributed by atoms with Crippen LogP contribution in [0, 0.1) is 5.92 Å². The average Bonchev–Trinajstić information content (AvgIpc) is 2.40. The molecule has 0 bridgehead atoms. The number of nitrogens with two attached hydrogens (primary N) is 1. The second-order valence-corrected chi connectivity index (χ2v) is 6.14. The van der Waals surface area contributed by atoms with E-state index in [0.29, 0.717) is 5.92 Å². The molecule has 0 aliphatic heterocycles. The third kappa shape index (κ3) is 3.48. The maximum atomic E-state index is 6.38. The van der Waals surface area contributed by atoms with E-state index in [1.54, 1.807) is 7.11 Å². The third-order valence-electron chi connectivity index (χ3n) is 3.95. The van der Waals surface area contributed by atoms with Crippen molar-refractivity contribution in [3.63, 3.8) is 0 Å². The minimum atomic E-state index is 0.258. The summed E-state index contributed by atoms with van der Waals surface area (Å²) in [5, 5.41) is 0. The van der Waals surface area contributed by atoms with Gasteiger partial charge >= 0.3 is 0 Å². The van der Waals surface area contributed by atoms with Gasteiger partial charge in [0.15, 0.2) is 0 Å². The zero-order valence-electron chi connectivity index (χ0n) is 11.0. The number of hydrogen-bond donors (Lipinski definition) is 1. The Bertz CT molecular complexity index is 388. The van der Waals surface area contributed by atoms with E-state index in [1.165, 1.54) is 37.7 Å². The molecule has 2 rings (SSSR count). The summed E-state index contributed by atoms with van der Waals surface area (Å²) in [5.74, 6) is 1.63. The van der Waals surface area contributed by atoms with E-state index in [0.717, 1.165) is 16.6 Å². The third-order valence-corrected chi connectivity index (χ3v) is 4.45. The van der Waals surface area contributed by atoms with E-state index in [1.807, 2.05) is 12.1 Å². The van der Waals surface area contributed by atoms with Crippen LogP contribution >= 0.6 is 15.9 Å². The predicted molar refractivity (Wildman–Crippen MR) is 78.9 cm³/mol. The minimum absolute atomic E-state index is 0.258. The Morgan fingerprint density at radius 2 is 2.06 bits per heavy atom. The first-order valence-electron chi connectivity index (χ1n) is 6.78. The molecular weight excluding hydrogens is 290 g/mol. The van der Waals surface area contributed by atoms with Gasteiger partial charge in [-0.15, -0.1) is 0 Å². The molecule has 0 aromatic heterocycles. The van der Waals surface area contributed by atoms with Crippen LogP contribution < -0.4 is 10.5 Å². The number of ether oxygens (including phenoxy) is 1. The molecule has 0 saturated heterocycles. The Labute approximate surface area is 118 Å². The van der Waals surface area contributed by atoms with Gasteiger partial charge in [0.1, 0.15) is 5.75 Å². The monoisotopic (exact) mass is 311 g/mol. The minimum Gasteiger partial charge on any atom is -0.496 e. The first-order chi connectivity index (χ1) is 8.70. The summed E-state index contributed by atoms with van der Waals surface area (Å²) in [5.41, 5.74) is 7.60. The summed E-state index contributed by atoms with van der Waals surface area (Å²) in [4.78, 5) is 0. The van der Waals surface area contributed by atoms with Crippen molar-refractivity contribution in [1.29, 1.82) is 0 Å². The zero-order valence-corrected chi connectivity index (χ0v) is 12.6. The van der Waals surface area contributed by atoms with Crippen molar-refractivity contribution in [2.75, 3.05) is 7.11 Å². The summed E-state index contributed by atoms with van der Waals surface area (Å²) >= 11 is 3.52. The number of halogens is 1. The molecule has 100 valence electrons. The second-order valence-electron chi connectivity index (χ2n) is 5.22. The fourth-order valence-electron chi connectivity index (χ4n) is 2.89. The zero-order chi connectivity index (χ0) is 13.0. The molecule has 0 heterocycles. The van der Waals surface area contributed by atoms with Gasteiger partial charge in [-0.05, 0) is 48.9 Å². The summed E-state index contributed by atoms with van der Waals surface area (Å²) in [7, 11) is 1.72. The highest BCUT2D eigenvalue weighted by Crippen LogP contribution is 2.30. The van der Waals surface area contributed by atoms with Gasteiger partial charge in [-0.1, -0.05) is 35.2 Å². The van der Waals surface area contributed by atoms with Crippen LogP contribution in [0.1, 0.15) is 37.7 Å². The fourth-order valence-corrected chi connectivity index (χ4v) is 3.30. The highest BCUT2D eigenvalue weighted by Gasteiger charge is 2.21. The van der Waals surface area contributed by atoms with Crippen LogP contribution in [0.3, 0.4) is 0 Å². The van der Waals surface area contributed by atoms with Gasteiger partial charge in [0.2, 0.25) is 0 Å². The number of benzene rings is 1. The van der Waals surface area contributed by atoms with Crippen molar-refractivity contribution in [3.8, 4) is 5.75 Å². The van der Waals surface area contributed by atoms with E-state index in [2.05, 4.69) is 22.0 Å². The standard InChI is InChI=1S/C15H22BrNO/c1-18-15-8-7-13(16)9-12(15)10-14(17)11-5-3-2-4-6-11/h7-9,11,14H,2-6,10,17H2,1H3. The Hall–Kier alpha value is -0.540. The van der Waals surface area contributed by atoms with E-state index in [-0.39, 0.29) is 6.04 Å². The lowest BCUT2D eigenvalue weighted by Crippen LogP contribution is -2.33. The summed E-state index contributed by atoms with van der Waals surface area (Å²) in [6, 6.07) is 6.40. The lowest BCUT2D eigenvalue weighted by atomic mass is 9.82. The van der Waals surface area contributed by atoms with Gasteiger partial charge < -0.3 is 10.5 Å².